The molecule has 1 fully saturated rings. The fourth-order valence-electron chi connectivity index (χ4n) is 4.07. The Morgan fingerprint density at radius 2 is 1.68 bits per heavy atom. The highest BCUT2D eigenvalue weighted by Crippen LogP contribution is 3.02. The van der Waals surface area contributed by atoms with Crippen LogP contribution in [0.5, 0.6) is 5.75 Å². The maximum Gasteiger partial charge on any atom is 0.413 e. The number of esters is 1. The van der Waals surface area contributed by atoms with Crippen LogP contribution in [0.25, 0.3) is 5.69 Å². The SMILES string of the molecule is COC(=O)C1(c2c(C#N)nn(-c3c(Cl)cc(S(F)(F)(F)(F)F)cc3Cl)c2NC(=O)OCc2ccc(OC)cc2)CC1. The van der Waals surface area contributed by atoms with E-state index >= 15 is 0 Å². The monoisotopic (exact) mass is 640 g/mol. The highest BCUT2D eigenvalue weighted by atomic mass is 35.5. The molecule has 17 heteroatoms. The molecule has 41 heavy (non-hydrogen) atoms. The number of benzene rings is 2. The minimum Gasteiger partial charge on any atom is -0.497 e. The first-order valence-corrected chi connectivity index (χ1v) is 14.1. The van der Waals surface area contributed by atoms with Crippen LogP contribution in [-0.4, -0.2) is 36.1 Å². The van der Waals surface area contributed by atoms with Gasteiger partial charge in [-0.2, -0.15) is 10.4 Å². The molecule has 1 saturated carbocycles. The molecular weight excluding hydrogens is 622 g/mol. The van der Waals surface area contributed by atoms with Gasteiger partial charge in [0.05, 0.1) is 35.2 Å². The summed E-state index contributed by atoms with van der Waals surface area (Å²) in [7, 11) is -7.63. The molecule has 1 amide bonds. The van der Waals surface area contributed by atoms with Gasteiger partial charge >= 0.3 is 22.3 Å². The Hall–Kier alpha value is -3.74. The summed E-state index contributed by atoms with van der Waals surface area (Å²) in [5.41, 5.74) is -2.04. The largest absolute Gasteiger partial charge is 0.497 e. The van der Waals surface area contributed by atoms with Crippen molar-refractivity contribution in [1.82, 2.24) is 9.78 Å². The molecule has 4 rings (SSSR count). The average molecular weight is 641 g/mol. The van der Waals surface area contributed by atoms with E-state index in [1.165, 1.54) is 7.11 Å². The van der Waals surface area contributed by atoms with Gasteiger partial charge in [-0.05, 0) is 42.7 Å². The number of hydrogen-bond donors (Lipinski definition) is 1. The van der Waals surface area contributed by atoms with Gasteiger partial charge in [0.25, 0.3) is 0 Å². The van der Waals surface area contributed by atoms with Gasteiger partial charge in [-0.15, -0.1) is 0 Å². The average Bonchev–Trinajstić information content (AvgIpc) is 3.62. The molecule has 0 saturated heterocycles. The molecule has 0 spiro atoms. The predicted octanol–water partition coefficient (Wildman–Crippen LogP) is 7.67. The molecule has 1 aromatic heterocycles. The van der Waals surface area contributed by atoms with E-state index in [1.54, 1.807) is 30.3 Å². The predicted molar refractivity (Wildman–Crippen MR) is 139 cm³/mol. The van der Waals surface area contributed by atoms with E-state index < -0.39 is 59.8 Å². The van der Waals surface area contributed by atoms with Gasteiger partial charge < -0.3 is 14.2 Å². The third-order valence-electron chi connectivity index (χ3n) is 6.19. The summed E-state index contributed by atoms with van der Waals surface area (Å²) in [5.74, 6) is -0.636. The summed E-state index contributed by atoms with van der Waals surface area (Å²) < 4.78 is 83.1. The molecule has 3 aromatic rings. The van der Waals surface area contributed by atoms with Gasteiger partial charge in [0.2, 0.25) is 0 Å². The van der Waals surface area contributed by atoms with Crippen LogP contribution in [0.15, 0.2) is 41.3 Å². The molecule has 1 aliphatic rings. The van der Waals surface area contributed by atoms with E-state index in [4.69, 9.17) is 37.4 Å². The van der Waals surface area contributed by atoms with Crippen molar-refractivity contribution in [1.29, 1.82) is 5.26 Å². The fraction of sp³-hybridized carbons (Fsp3) is 0.250. The van der Waals surface area contributed by atoms with Crippen molar-refractivity contribution in [3.05, 3.63) is 63.3 Å². The second-order valence-electron chi connectivity index (χ2n) is 8.92. The second-order valence-corrected chi connectivity index (χ2v) is 12.1. The molecule has 1 N–H and O–H groups in total. The number of nitriles is 1. The molecule has 0 radical (unpaired) electrons. The van der Waals surface area contributed by atoms with Crippen molar-refractivity contribution in [2.75, 3.05) is 19.5 Å². The standard InChI is InChI=1S/C24H19Cl2F5N4O5S/c1-38-14-5-3-13(4-6-14)12-40-23(37)33-21-19(24(7-8-24)22(36)39-2)18(11-32)34-35(21)20-16(25)9-15(10-17(20)26)41(27,28,29,30)31/h3-6,9-10H,7-8,12H2,1-2H3,(H,33,37). The minimum absolute atomic E-state index is 0.0449. The first kappa shape index (κ1) is 30.2. The van der Waals surface area contributed by atoms with Gasteiger partial charge in [-0.25, -0.2) is 9.48 Å². The normalized spacial score (nSPS) is 15.6. The van der Waals surface area contributed by atoms with Gasteiger partial charge in [0.15, 0.2) is 5.69 Å². The first-order chi connectivity index (χ1) is 18.9. The van der Waals surface area contributed by atoms with Crippen molar-refractivity contribution >= 4 is 51.3 Å². The lowest BCUT2D eigenvalue weighted by molar-refractivity contribution is -0.143. The van der Waals surface area contributed by atoms with Gasteiger partial charge in [-0.3, -0.25) is 10.1 Å². The minimum atomic E-state index is -10.2. The fourth-order valence-corrected chi connectivity index (χ4v) is 5.53. The van der Waals surface area contributed by atoms with Crippen LogP contribution in [0.3, 0.4) is 0 Å². The van der Waals surface area contributed by atoms with Crippen LogP contribution in [0.4, 0.5) is 30.0 Å². The van der Waals surface area contributed by atoms with Gasteiger partial charge in [0, 0.05) is 0 Å². The third kappa shape index (κ3) is 5.99. The number of anilines is 1. The molecule has 1 aliphatic carbocycles. The van der Waals surface area contributed by atoms with Crippen molar-refractivity contribution in [2.24, 2.45) is 0 Å². The smallest absolute Gasteiger partial charge is 0.413 e. The summed E-state index contributed by atoms with van der Waals surface area (Å²) in [6, 6.07) is 8.14. The topological polar surface area (TPSA) is 115 Å². The second kappa shape index (κ2) is 9.68. The maximum atomic E-state index is 13.5. The number of rotatable bonds is 8. The zero-order valence-corrected chi connectivity index (χ0v) is 23.4. The zero-order chi connectivity index (χ0) is 30.4. The van der Waals surface area contributed by atoms with Crippen LogP contribution in [0.2, 0.25) is 10.0 Å². The number of hydrogen-bond acceptors (Lipinski definition) is 7. The number of amides is 1. The van der Waals surface area contributed by atoms with Crippen LogP contribution >= 0.6 is 33.4 Å². The summed E-state index contributed by atoms with van der Waals surface area (Å²) >= 11 is 12.0. The Labute approximate surface area is 239 Å². The van der Waals surface area contributed by atoms with Crippen molar-refractivity contribution in [3.8, 4) is 17.5 Å². The van der Waals surface area contributed by atoms with E-state index in [2.05, 4.69) is 10.4 Å². The molecule has 0 atom stereocenters. The number of methoxy groups -OCH3 is 2. The van der Waals surface area contributed by atoms with Crippen molar-refractivity contribution in [3.63, 3.8) is 0 Å². The Kier molecular flexibility index (Phi) is 7.13. The first-order valence-electron chi connectivity index (χ1n) is 11.4. The van der Waals surface area contributed by atoms with Crippen LogP contribution in [0, 0.1) is 11.3 Å². The molecule has 220 valence electrons. The van der Waals surface area contributed by atoms with Crippen LogP contribution < -0.4 is 10.1 Å². The lowest BCUT2D eigenvalue weighted by atomic mass is 9.95. The summed E-state index contributed by atoms with van der Waals surface area (Å²) in [5, 5.41) is 14.3. The van der Waals surface area contributed by atoms with Crippen LogP contribution in [0.1, 0.15) is 29.7 Å². The molecule has 2 aromatic carbocycles. The van der Waals surface area contributed by atoms with Gasteiger partial charge in [0.1, 0.15) is 34.8 Å². The van der Waals surface area contributed by atoms with E-state index in [9.17, 15) is 34.3 Å². The maximum absolute atomic E-state index is 13.5. The number of nitrogens with zero attached hydrogens (tertiary/aromatic N) is 3. The number of carbonyl (C=O) groups is 2. The number of nitrogens with one attached hydrogen (secondary N) is 1. The molecule has 9 nitrogen and oxygen atoms in total. The quantitative estimate of drug-likeness (QED) is 0.198. The third-order valence-corrected chi connectivity index (χ3v) is 7.90. The molecular formula is C24H19Cl2F5N4O5S. The van der Waals surface area contributed by atoms with Crippen molar-refractivity contribution < 1.29 is 43.2 Å². The summed E-state index contributed by atoms with van der Waals surface area (Å²) in [6.45, 7) is -0.243. The Balaban J connectivity index is 1.82. The Morgan fingerprint density at radius 1 is 1.10 bits per heavy atom. The van der Waals surface area contributed by atoms with E-state index in [-0.39, 0.29) is 37.1 Å². The van der Waals surface area contributed by atoms with E-state index in [0.717, 1.165) is 7.11 Å². The molecule has 0 aliphatic heterocycles. The number of halogens is 7. The molecule has 0 unspecified atom stereocenters. The highest BCUT2D eigenvalue weighted by Gasteiger charge is 2.66. The summed E-state index contributed by atoms with van der Waals surface area (Å²) in [4.78, 5) is 23.2. The highest BCUT2D eigenvalue weighted by molar-refractivity contribution is 8.45. The Morgan fingerprint density at radius 3 is 2.15 bits per heavy atom. The molecule has 1 heterocycles. The molecule has 0 bridgehead atoms. The lowest BCUT2D eigenvalue weighted by Crippen LogP contribution is -2.25. The number of ether oxygens (including phenoxy) is 3. The zero-order valence-electron chi connectivity index (χ0n) is 21.0. The Bertz CT molecular complexity index is 1580. The summed E-state index contributed by atoms with van der Waals surface area (Å²) in [6.07, 6.45) is -0.787. The van der Waals surface area contributed by atoms with Crippen molar-refractivity contribution in [2.45, 2.75) is 29.8 Å². The van der Waals surface area contributed by atoms with E-state index in [0.29, 0.717) is 16.0 Å². The number of aromatic nitrogens is 2. The lowest BCUT2D eigenvalue weighted by Gasteiger charge is -2.40. The van der Waals surface area contributed by atoms with Crippen LogP contribution in [-0.2, 0) is 26.3 Å². The van der Waals surface area contributed by atoms with E-state index in [1.807, 2.05) is 0 Å². The van der Waals surface area contributed by atoms with Gasteiger partial charge in [-0.1, -0.05) is 54.8 Å². The number of carbonyl (C=O) groups excluding carboxylic acids is 2.